The Balaban J connectivity index is 2.53. The first-order valence-corrected chi connectivity index (χ1v) is 9.03. The van der Waals surface area contributed by atoms with E-state index in [1.165, 1.54) is 10.6 Å². The maximum Gasteiger partial charge on any atom is 0.223 e. The lowest BCUT2D eigenvalue weighted by Crippen LogP contribution is -2.48. The van der Waals surface area contributed by atoms with E-state index in [1.807, 2.05) is 25.8 Å². The van der Waals surface area contributed by atoms with E-state index in [0.29, 0.717) is 0 Å². The second kappa shape index (κ2) is 7.38. The smallest absolute Gasteiger partial charge is 0.223 e. The molecule has 0 spiro atoms. The molecule has 0 aromatic rings. The lowest BCUT2D eigenvalue weighted by molar-refractivity contribution is -0.132. The van der Waals surface area contributed by atoms with Crippen molar-refractivity contribution < 1.29 is 13.2 Å². The lowest BCUT2D eigenvalue weighted by atomic mass is 10.2. The molecule has 1 aliphatic rings. The highest BCUT2D eigenvalue weighted by atomic mass is 32.2. The largest absolute Gasteiger partial charge is 0.340 e. The van der Waals surface area contributed by atoms with E-state index in [4.69, 9.17) is 0 Å². The summed E-state index contributed by atoms with van der Waals surface area (Å²) in [7, 11) is -1.22. The topological polar surface area (TPSA) is 60.9 Å². The van der Waals surface area contributed by atoms with Gasteiger partial charge >= 0.3 is 0 Å². The summed E-state index contributed by atoms with van der Waals surface area (Å²) in [5, 5.41) is 0. The van der Waals surface area contributed by atoms with Crippen LogP contribution in [0.4, 0.5) is 0 Å². The van der Waals surface area contributed by atoms with Crippen LogP contribution in [-0.2, 0) is 14.8 Å². The fourth-order valence-corrected chi connectivity index (χ4v) is 3.56. The number of nitrogens with zero attached hydrogens (tertiary/aromatic N) is 3. The summed E-state index contributed by atoms with van der Waals surface area (Å²) < 4.78 is 24.9. The minimum absolute atomic E-state index is 0.0510. The van der Waals surface area contributed by atoms with Gasteiger partial charge in [-0.1, -0.05) is 6.92 Å². The predicted molar refractivity (Wildman–Crippen MR) is 80.0 cm³/mol. The van der Waals surface area contributed by atoms with Gasteiger partial charge in [-0.25, -0.2) is 8.42 Å². The molecule has 0 radical (unpaired) electrons. The van der Waals surface area contributed by atoms with Crippen molar-refractivity contribution in [3.8, 4) is 0 Å². The van der Waals surface area contributed by atoms with Gasteiger partial charge in [0, 0.05) is 45.2 Å². The molecule has 6 nitrogen and oxygen atoms in total. The minimum Gasteiger partial charge on any atom is -0.340 e. The summed E-state index contributed by atoms with van der Waals surface area (Å²) in [5.74, 6) is 0.0510. The number of carbonyl (C=O) groups is 1. The van der Waals surface area contributed by atoms with E-state index >= 15 is 0 Å². The van der Waals surface area contributed by atoms with E-state index in [-0.39, 0.29) is 24.9 Å². The number of hydrogen-bond donors (Lipinski definition) is 0. The van der Waals surface area contributed by atoms with E-state index in [9.17, 15) is 13.2 Å². The van der Waals surface area contributed by atoms with Gasteiger partial charge in [0.1, 0.15) is 0 Å². The molecule has 20 heavy (non-hydrogen) atoms. The molecule has 1 rings (SSSR count). The Morgan fingerprint density at radius 2 is 1.80 bits per heavy atom. The van der Waals surface area contributed by atoms with Crippen LogP contribution < -0.4 is 0 Å². The van der Waals surface area contributed by atoms with Crippen LogP contribution in [0, 0.1) is 0 Å². The summed E-state index contributed by atoms with van der Waals surface area (Å²) in [6.45, 7) is 7.33. The van der Waals surface area contributed by atoms with Crippen molar-refractivity contribution >= 4 is 15.9 Å². The Morgan fingerprint density at radius 1 is 1.25 bits per heavy atom. The molecule has 1 unspecified atom stereocenters. The van der Waals surface area contributed by atoms with Gasteiger partial charge in [-0.2, -0.15) is 4.31 Å². The van der Waals surface area contributed by atoms with Crippen LogP contribution >= 0.6 is 0 Å². The first kappa shape index (κ1) is 17.4. The van der Waals surface area contributed by atoms with Crippen LogP contribution in [-0.4, -0.2) is 80.5 Å². The quantitative estimate of drug-likeness (QED) is 0.704. The fraction of sp³-hybridized carbons (Fsp3) is 0.923. The zero-order chi connectivity index (χ0) is 15.3. The van der Waals surface area contributed by atoms with Crippen LogP contribution in [0.25, 0.3) is 0 Å². The van der Waals surface area contributed by atoms with Crippen molar-refractivity contribution in [2.24, 2.45) is 0 Å². The van der Waals surface area contributed by atoms with Crippen LogP contribution in [0.1, 0.15) is 26.7 Å². The zero-order valence-corrected chi connectivity index (χ0v) is 13.8. The van der Waals surface area contributed by atoms with Gasteiger partial charge in [0.05, 0.1) is 6.26 Å². The summed E-state index contributed by atoms with van der Waals surface area (Å²) in [5.41, 5.74) is 0. The van der Waals surface area contributed by atoms with Gasteiger partial charge in [-0.05, 0) is 20.4 Å². The van der Waals surface area contributed by atoms with Crippen molar-refractivity contribution in [2.75, 3.05) is 46.0 Å². The highest BCUT2D eigenvalue weighted by Gasteiger charge is 2.25. The Kier molecular flexibility index (Phi) is 6.42. The van der Waals surface area contributed by atoms with E-state index in [1.54, 1.807) is 0 Å². The number of amides is 1. The molecule has 1 atom stereocenters. The first-order valence-electron chi connectivity index (χ1n) is 7.18. The molecule has 0 bridgehead atoms. The van der Waals surface area contributed by atoms with Gasteiger partial charge in [0.25, 0.3) is 0 Å². The number of hydrogen-bond acceptors (Lipinski definition) is 4. The molecular weight excluding hydrogens is 278 g/mol. The number of likely N-dealkylation sites (N-methyl/N-ethyl adjacent to an activating group) is 1. The molecule has 0 N–H and O–H groups in total. The van der Waals surface area contributed by atoms with Crippen LogP contribution in [0.5, 0.6) is 0 Å². The highest BCUT2D eigenvalue weighted by Crippen LogP contribution is 2.11. The van der Waals surface area contributed by atoms with Gasteiger partial charge < -0.3 is 9.80 Å². The molecular formula is C13H27N3O3S. The second-order valence-corrected chi connectivity index (χ2v) is 7.50. The average Bonchev–Trinajstić information content (AvgIpc) is 2.37. The van der Waals surface area contributed by atoms with Gasteiger partial charge in [-0.3, -0.25) is 4.79 Å². The summed E-state index contributed by atoms with van der Waals surface area (Å²) >= 11 is 0. The van der Waals surface area contributed by atoms with Gasteiger partial charge in [0.2, 0.25) is 15.9 Å². The number of carbonyl (C=O) groups excluding carboxylic acids is 1. The fourth-order valence-electron chi connectivity index (χ4n) is 2.34. The van der Waals surface area contributed by atoms with Gasteiger partial charge in [0.15, 0.2) is 0 Å². The van der Waals surface area contributed by atoms with E-state index in [0.717, 1.165) is 32.6 Å². The molecule has 1 fully saturated rings. The third-order valence-corrected chi connectivity index (χ3v) is 5.30. The number of rotatable bonds is 6. The van der Waals surface area contributed by atoms with E-state index in [2.05, 4.69) is 4.90 Å². The van der Waals surface area contributed by atoms with Crippen molar-refractivity contribution in [2.45, 2.75) is 32.7 Å². The van der Waals surface area contributed by atoms with Crippen molar-refractivity contribution in [1.82, 2.24) is 14.1 Å². The number of sulfonamides is 1. The van der Waals surface area contributed by atoms with Crippen molar-refractivity contribution in [1.29, 1.82) is 0 Å². The molecule has 0 aliphatic carbocycles. The maximum atomic E-state index is 12.1. The van der Waals surface area contributed by atoms with Gasteiger partial charge in [-0.15, -0.1) is 0 Å². The monoisotopic (exact) mass is 305 g/mol. The molecule has 118 valence electrons. The molecule has 1 heterocycles. The Hall–Kier alpha value is -0.660. The standard InChI is InChI=1S/C13H27N3O3S/c1-5-12(2)16(20(4,18)19)7-6-13(17)15-10-8-14(3)9-11-15/h12H,5-11H2,1-4H3. The van der Waals surface area contributed by atoms with Crippen LogP contribution in [0.15, 0.2) is 0 Å². The van der Waals surface area contributed by atoms with E-state index < -0.39 is 10.0 Å². The second-order valence-electron chi connectivity index (χ2n) is 5.57. The normalized spacial score (nSPS) is 19.4. The molecule has 0 saturated carbocycles. The Morgan fingerprint density at radius 3 is 2.25 bits per heavy atom. The SMILES string of the molecule is CCC(C)N(CCC(=O)N1CCN(C)CC1)S(C)(=O)=O. The van der Waals surface area contributed by atoms with Crippen LogP contribution in [0.3, 0.4) is 0 Å². The predicted octanol–water partition coefficient (Wildman–Crippen LogP) is 0.211. The molecule has 0 aromatic carbocycles. The lowest BCUT2D eigenvalue weighted by Gasteiger charge is -2.33. The molecule has 0 aromatic heterocycles. The zero-order valence-electron chi connectivity index (χ0n) is 13.0. The third-order valence-electron chi connectivity index (χ3n) is 3.91. The Labute approximate surface area is 122 Å². The van der Waals surface area contributed by atoms with Crippen molar-refractivity contribution in [3.63, 3.8) is 0 Å². The van der Waals surface area contributed by atoms with Crippen molar-refractivity contribution in [3.05, 3.63) is 0 Å². The first-order chi connectivity index (χ1) is 9.25. The summed E-state index contributed by atoms with van der Waals surface area (Å²) in [6, 6.07) is -0.0645. The summed E-state index contributed by atoms with van der Waals surface area (Å²) in [6.07, 6.45) is 2.22. The number of piperazine rings is 1. The molecule has 1 amide bonds. The molecule has 1 saturated heterocycles. The highest BCUT2D eigenvalue weighted by molar-refractivity contribution is 7.88. The van der Waals surface area contributed by atoms with Crippen LogP contribution in [0.2, 0.25) is 0 Å². The Bertz CT molecular complexity index is 417. The maximum absolute atomic E-state index is 12.1. The minimum atomic E-state index is -3.26. The molecule has 7 heteroatoms. The third kappa shape index (κ3) is 5.03. The summed E-state index contributed by atoms with van der Waals surface area (Å²) in [4.78, 5) is 16.1. The average molecular weight is 305 g/mol. The molecule has 1 aliphatic heterocycles.